The molecule has 8 heteroatoms. The topological polar surface area (TPSA) is 127 Å². The average Bonchev–Trinajstić information content (AvgIpc) is 2.51. The van der Waals surface area contributed by atoms with Gasteiger partial charge in [0.2, 0.25) is 0 Å². The van der Waals surface area contributed by atoms with Crippen molar-refractivity contribution >= 4 is 23.9 Å². The summed E-state index contributed by atoms with van der Waals surface area (Å²) < 4.78 is 9.63. The number of carbonyl (C=O) groups excluding carboxylic acids is 2. The molecule has 8 nitrogen and oxygen atoms in total. The monoisotopic (exact) mass is 342 g/mol. The molecule has 0 aromatic carbocycles. The van der Waals surface area contributed by atoms with Crippen LogP contribution in [0.25, 0.3) is 0 Å². The van der Waals surface area contributed by atoms with E-state index in [1.54, 1.807) is 0 Å². The molecule has 2 atom stereocenters. The van der Waals surface area contributed by atoms with Crippen molar-refractivity contribution in [3.05, 3.63) is 24.8 Å². The van der Waals surface area contributed by atoms with E-state index in [1.165, 1.54) is 13.8 Å². The maximum absolute atomic E-state index is 11.7. The fourth-order valence-electron chi connectivity index (χ4n) is 2.04. The minimum Gasteiger partial charge on any atom is -0.481 e. The quantitative estimate of drug-likeness (QED) is 0.426. The largest absolute Gasteiger partial charge is 0.481 e. The van der Waals surface area contributed by atoms with Gasteiger partial charge in [-0.25, -0.2) is 9.59 Å². The molecule has 0 aliphatic rings. The molecule has 24 heavy (non-hydrogen) atoms. The van der Waals surface area contributed by atoms with Gasteiger partial charge in [-0.2, -0.15) is 0 Å². The molecule has 0 aliphatic heterocycles. The van der Waals surface area contributed by atoms with Crippen LogP contribution in [0.5, 0.6) is 0 Å². The van der Waals surface area contributed by atoms with E-state index in [1.807, 2.05) is 0 Å². The van der Waals surface area contributed by atoms with Crippen LogP contribution in [0.3, 0.4) is 0 Å². The lowest BCUT2D eigenvalue weighted by atomic mass is 9.71. The highest BCUT2D eigenvalue weighted by Crippen LogP contribution is 2.36. The van der Waals surface area contributed by atoms with Gasteiger partial charge in [-0.3, -0.25) is 9.59 Å². The number of ether oxygens (including phenoxy) is 2. The Morgan fingerprint density at radius 3 is 2.00 bits per heavy atom. The van der Waals surface area contributed by atoms with Crippen molar-refractivity contribution in [2.45, 2.75) is 26.7 Å². The Morgan fingerprint density at radius 2 is 1.62 bits per heavy atom. The number of hydrogen-bond acceptors (Lipinski definition) is 6. The van der Waals surface area contributed by atoms with Crippen LogP contribution < -0.4 is 0 Å². The zero-order chi connectivity index (χ0) is 18.9. The van der Waals surface area contributed by atoms with E-state index in [0.717, 1.165) is 6.08 Å². The molecule has 2 N–H and O–H groups in total. The van der Waals surface area contributed by atoms with E-state index in [4.69, 9.17) is 9.47 Å². The first-order valence-corrected chi connectivity index (χ1v) is 7.16. The van der Waals surface area contributed by atoms with Gasteiger partial charge < -0.3 is 19.7 Å². The third-order valence-electron chi connectivity index (χ3n) is 3.71. The van der Waals surface area contributed by atoms with Gasteiger partial charge in [0.1, 0.15) is 0 Å². The summed E-state index contributed by atoms with van der Waals surface area (Å²) in [6.07, 6.45) is 0.415. The summed E-state index contributed by atoms with van der Waals surface area (Å²) in [7, 11) is 0. The number of hydrogen-bond donors (Lipinski definition) is 2. The molecule has 0 heterocycles. The zero-order valence-electron chi connectivity index (χ0n) is 13.7. The number of carboxylic acid groups (broad SMARTS) is 2. The summed E-state index contributed by atoms with van der Waals surface area (Å²) in [6.45, 7) is 8.68. The van der Waals surface area contributed by atoms with Crippen LogP contribution >= 0.6 is 0 Å². The number of rotatable bonds is 11. The van der Waals surface area contributed by atoms with Crippen LogP contribution in [0.1, 0.15) is 26.7 Å². The molecule has 0 aromatic rings. The van der Waals surface area contributed by atoms with Crippen molar-refractivity contribution in [2.24, 2.45) is 11.3 Å². The van der Waals surface area contributed by atoms with Gasteiger partial charge in [-0.1, -0.05) is 20.1 Å². The second kappa shape index (κ2) is 9.49. The Balaban J connectivity index is 5.21. The summed E-state index contributed by atoms with van der Waals surface area (Å²) in [5, 5.41) is 18.8. The van der Waals surface area contributed by atoms with Gasteiger partial charge in [0.15, 0.2) is 0 Å². The molecule has 0 rings (SSSR count). The lowest BCUT2D eigenvalue weighted by molar-refractivity contribution is -0.166. The second-order valence-electron chi connectivity index (χ2n) is 5.31. The highest BCUT2D eigenvalue weighted by molar-refractivity contribution is 5.87. The van der Waals surface area contributed by atoms with Gasteiger partial charge in [0.25, 0.3) is 0 Å². The fourth-order valence-corrected chi connectivity index (χ4v) is 2.04. The van der Waals surface area contributed by atoms with Crippen LogP contribution in [-0.4, -0.2) is 47.3 Å². The molecule has 0 saturated carbocycles. The Bertz CT molecular complexity index is 536. The first-order valence-electron chi connectivity index (χ1n) is 7.16. The molecule has 0 fully saturated rings. The minimum atomic E-state index is -1.76. The van der Waals surface area contributed by atoms with Crippen molar-refractivity contribution in [1.82, 2.24) is 0 Å². The van der Waals surface area contributed by atoms with Gasteiger partial charge in [0.05, 0.1) is 24.5 Å². The highest BCUT2D eigenvalue weighted by Gasteiger charge is 2.47. The Labute approximate surface area is 139 Å². The summed E-state index contributed by atoms with van der Waals surface area (Å²) in [5.41, 5.74) is -1.62. The van der Waals surface area contributed by atoms with Gasteiger partial charge in [-0.15, -0.1) is 0 Å². The third kappa shape index (κ3) is 5.86. The molecule has 0 aliphatic carbocycles. The minimum absolute atomic E-state index is 0.141. The van der Waals surface area contributed by atoms with Crippen molar-refractivity contribution in [3.8, 4) is 0 Å². The average molecular weight is 342 g/mol. The van der Waals surface area contributed by atoms with E-state index in [2.05, 4.69) is 13.2 Å². The third-order valence-corrected chi connectivity index (χ3v) is 3.71. The van der Waals surface area contributed by atoms with Gasteiger partial charge in [0, 0.05) is 11.6 Å². The number of aliphatic carboxylic acids is 2. The molecule has 2 unspecified atom stereocenters. The van der Waals surface area contributed by atoms with E-state index in [0.29, 0.717) is 0 Å². The number of carboxylic acids is 2. The fraction of sp³-hybridized carbons (Fsp3) is 0.500. The summed E-state index contributed by atoms with van der Waals surface area (Å²) in [6, 6.07) is 0. The standard InChI is InChI=1S/C16H22O8/c1-5-12(17)23-8-6-16(15(21)22,11(4)13(18)19)7-9-24-14(20)10(2)3/h5,11H,1-2,6-9H2,3-4H3,(H,18,19)(H,21,22). The summed E-state index contributed by atoms with van der Waals surface area (Å²) in [5.74, 6) is -5.43. The van der Waals surface area contributed by atoms with Crippen molar-refractivity contribution < 1.29 is 38.9 Å². The molecule has 0 saturated heterocycles. The molecular weight excluding hydrogens is 320 g/mol. The SMILES string of the molecule is C=CC(=O)OCCC(CCOC(=O)C(=C)C)(C(=O)O)C(C)C(=O)O. The predicted molar refractivity (Wildman–Crippen MR) is 83.0 cm³/mol. The molecule has 0 spiro atoms. The lowest BCUT2D eigenvalue weighted by Crippen LogP contribution is -2.43. The van der Waals surface area contributed by atoms with Crippen LogP contribution in [-0.2, 0) is 28.7 Å². The number of carbonyl (C=O) groups is 4. The van der Waals surface area contributed by atoms with Crippen LogP contribution in [0.2, 0.25) is 0 Å². The van der Waals surface area contributed by atoms with E-state index < -0.39 is 35.2 Å². The maximum atomic E-state index is 11.7. The van der Waals surface area contributed by atoms with Crippen molar-refractivity contribution in [3.63, 3.8) is 0 Å². The number of esters is 2. The van der Waals surface area contributed by atoms with Gasteiger partial charge in [-0.05, 0) is 19.8 Å². The summed E-state index contributed by atoms with van der Waals surface area (Å²) in [4.78, 5) is 45.5. The van der Waals surface area contributed by atoms with Crippen molar-refractivity contribution in [2.75, 3.05) is 13.2 Å². The Kier molecular flexibility index (Phi) is 8.44. The highest BCUT2D eigenvalue weighted by atomic mass is 16.5. The molecule has 134 valence electrons. The van der Waals surface area contributed by atoms with E-state index in [9.17, 15) is 29.4 Å². The predicted octanol–water partition coefficient (Wildman–Crippen LogP) is 1.41. The molecular formula is C16H22O8. The van der Waals surface area contributed by atoms with E-state index in [-0.39, 0.29) is 31.6 Å². The lowest BCUT2D eigenvalue weighted by Gasteiger charge is -2.32. The molecule has 0 amide bonds. The molecule has 0 radical (unpaired) electrons. The molecule has 0 aromatic heterocycles. The van der Waals surface area contributed by atoms with E-state index >= 15 is 0 Å². The Morgan fingerprint density at radius 1 is 1.12 bits per heavy atom. The second-order valence-corrected chi connectivity index (χ2v) is 5.31. The summed E-state index contributed by atoms with van der Waals surface area (Å²) >= 11 is 0. The van der Waals surface area contributed by atoms with Crippen molar-refractivity contribution in [1.29, 1.82) is 0 Å². The van der Waals surface area contributed by atoms with Gasteiger partial charge >= 0.3 is 23.9 Å². The first-order chi connectivity index (χ1) is 11.1. The van der Waals surface area contributed by atoms with Crippen LogP contribution in [0, 0.1) is 11.3 Å². The normalized spacial score (nSPS) is 13.9. The Hall–Kier alpha value is -2.64. The van der Waals surface area contributed by atoms with Crippen LogP contribution in [0.15, 0.2) is 24.8 Å². The molecule has 0 bridgehead atoms. The zero-order valence-corrected chi connectivity index (χ0v) is 13.7. The smallest absolute Gasteiger partial charge is 0.333 e. The maximum Gasteiger partial charge on any atom is 0.333 e. The first kappa shape index (κ1) is 21.4. The van der Waals surface area contributed by atoms with Crippen LogP contribution in [0.4, 0.5) is 0 Å².